The first-order valence-electron chi connectivity index (χ1n) is 11.0. The molecule has 0 spiro atoms. The van der Waals surface area contributed by atoms with Crippen LogP contribution >= 0.6 is 0 Å². The van der Waals surface area contributed by atoms with Crippen molar-refractivity contribution in [2.75, 3.05) is 37.8 Å². The van der Waals surface area contributed by atoms with Gasteiger partial charge in [-0.15, -0.1) is 0 Å². The van der Waals surface area contributed by atoms with Crippen molar-refractivity contribution in [2.24, 2.45) is 0 Å². The molecular weight excluding hydrogens is 441 g/mol. The molecule has 3 N–H and O–H groups in total. The van der Waals surface area contributed by atoms with Crippen molar-refractivity contribution in [3.8, 4) is 0 Å². The van der Waals surface area contributed by atoms with Crippen molar-refractivity contribution in [2.45, 2.75) is 13.5 Å². The molecule has 1 aliphatic heterocycles. The van der Waals surface area contributed by atoms with Gasteiger partial charge in [-0.2, -0.15) is 5.10 Å². The summed E-state index contributed by atoms with van der Waals surface area (Å²) in [6.07, 6.45) is 1.48. The standard InChI is InChI=1S/C23H24FN7O3/c1-14-19(3-2-17(27-14)22(33)25-13-32)30-8-6-29(7-9-30)12-15-10-16(24)21-18(11-15)28-23(34)20-4-5-26-31(20)21/h2-5,10-11,32H,6-9,12-13H2,1H3,(H,25,33)(H,28,34). The summed E-state index contributed by atoms with van der Waals surface area (Å²) in [5.41, 5.74) is 3.41. The zero-order valence-electron chi connectivity index (χ0n) is 18.6. The molecule has 1 aromatic carbocycles. The zero-order valence-corrected chi connectivity index (χ0v) is 18.6. The predicted octanol–water partition coefficient (Wildman–Crippen LogP) is 1.02. The van der Waals surface area contributed by atoms with Gasteiger partial charge in [0.15, 0.2) is 5.82 Å². The Labute approximate surface area is 193 Å². The number of aliphatic hydroxyl groups excluding tert-OH is 1. The number of amides is 1. The third-order valence-corrected chi connectivity index (χ3v) is 6.11. The minimum absolute atomic E-state index is 0.257. The minimum Gasteiger partial charge on any atom is -0.376 e. The molecule has 1 amide bonds. The van der Waals surface area contributed by atoms with E-state index in [0.717, 1.165) is 43.1 Å². The van der Waals surface area contributed by atoms with Crippen molar-refractivity contribution in [3.63, 3.8) is 0 Å². The molecule has 1 fully saturated rings. The summed E-state index contributed by atoms with van der Waals surface area (Å²) >= 11 is 0. The highest BCUT2D eigenvalue weighted by Gasteiger charge is 2.21. The highest BCUT2D eigenvalue weighted by atomic mass is 19.1. The second kappa shape index (κ2) is 8.84. The van der Waals surface area contributed by atoms with Crippen molar-refractivity contribution >= 4 is 28.1 Å². The van der Waals surface area contributed by atoms with Crippen LogP contribution in [0.1, 0.15) is 21.7 Å². The van der Waals surface area contributed by atoms with E-state index in [-0.39, 0.29) is 16.8 Å². The van der Waals surface area contributed by atoms with Crippen molar-refractivity contribution in [1.82, 2.24) is 29.8 Å². The fraction of sp³-hybridized carbons (Fsp3) is 0.304. The minimum atomic E-state index is -0.436. The number of hydrogen-bond acceptors (Lipinski definition) is 7. The van der Waals surface area contributed by atoms with E-state index in [4.69, 9.17) is 5.11 Å². The average Bonchev–Trinajstić information content (AvgIpc) is 3.30. The van der Waals surface area contributed by atoms with E-state index < -0.39 is 18.5 Å². The Morgan fingerprint density at radius 3 is 2.74 bits per heavy atom. The van der Waals surface area contributed by atoms with E-state index >= 15 is 0 Å². The van der Waals surface area contributed by atoms with E-state index in [0.29, 0.717) is 17.6 Å². The number of pyridine rings is 1. The van der Waals surface area contributed by atoms with Gasteiger partial charge in [0.05, 0.1) is 23.1 Å². The summed E-state index contributed by atoms with van der Waals surface area (Å²) in [5, 5.41) is 15.3. The van der Waals surface area contributed by atoms with Gasteiger partial charge in [0, 0.05) is 32.7 Å². The molecular formula is C23H24FN7O3. The van der Waals surface area contributed by atoms with Crippen LogP contribution < -0.4 is 15.8 Å². The van der Waals surface area contributed by atoms with Crippen molar-refractivity contribution in [3.05, 3.63) is 69.7 Å². The molecule has 0 bridgehead atoms. The molecule has 3 aromatic heterocycles. The lowest BCUT2D eigenvalue weighted by Gasteiger charge is -2.36. The number of aromatic nitrogens is 4. The van der Waals surface area contributed by atoms with Gasteiger partial charge in [-0.1, -0.05) is 0 Å². The molecule has 0 aliphatic carbocycles. The molecule has 0 saturated carbocycles. The molecule has 1 saturated heterocycles. The first-order valence-corrected chi connectivity index (χ1v) is 11.0. The summed E-state index contributed by atoms with van der Waals surface area (Å²) in [6, 6.07) is 8.37. The third kappa shape index (κ3) is 3.99. The van der Waals surface area contributed by atoms with Gasteiger partial charge in [-0.3, -0.25) is 14.5 Å². The normalized spacial score (nSPS) is 14.7. The number of halogens is 1. The maximum atomic E-state index is 14.9. The van der Waals surface area contributed by atoms with Gasteiger partial charge < -0.3 is 20.3 Å². The molecule has 176 valence electrons. The van der Waals surface area contributed by atoms with Gasteiger partial charge in [-0.25, -0.2) is 13.9 Å². The largest absolute Gasteiger partial charge is 0.376 e. The van der Waals surface area contributed by atoms with Crippen LogP contribution in [0.25, 0.3) is 16.6 Å². The number of carbonyl (C=O) groups excluding carboxylic acids is 1. The predicted molar refractivity (Wildman–Crippen MR) is 124 cm³/mol. The topological polar surface area (TPSA) is 119 Å². The highest BCUT2D eigenvalue weighted by Crippen LogP contribution is 2.23. The molecule has 4 heterocycles. The third-order valence-electron chi connectivity index (χ3n) is 6.11. The molecule has 0 atom stereocenters. The van der Waals surface area contributed by atoms with Gasteiger partial charge in [0.25, 0.3) is 11.5 Å². The Morgan fingerprint density at radius 1 is 1.21 bits per heavy atom. The molecule has 11 heteroatoms. The van der Waals surface area contributed by atoms with Crippen LogP contribution in [0.2, 0.25) is 0 Å². The number of benzene rings is 1. The lowest BCUT2D eigenvalue weighted by molar-refractivity contribution is 0.0905. The van der Waals surface area contributed by atoms with Gasteiger partial charge >= 0.3 is 0 Å². The fourth-order valence-corrected chi connectivity index (χ4v) is 4.48. The van der Waals surface area contributed by atoms with Gasteiger partial charge in [0.1, 0.15) is 23.5 Å². The summed E-state index contributed by atoms with van der Waals surface area (Å²) in [4.78, 5) is 35.7. The maximum Gasteiger partial charge on any atom is 0.274 e. The summed E-state index contributed by atoms with van der Waals surface area (Å²) in [5.74, 6) is -0.845. The Morgan fingerprint density at radius 2 is 2.00 bits per heavy atom. The number of aromatic amines is 1. The summed E-state index contributed by atoms with van der Waals surface area (Å²) in [7, 11) is 0. The van der Waals surface area contributed by atoms with Crippen LogP contribution in [-0.4, -0.2) is 68.4 Å². The van der Waals surface area contributed by atoms with Crippen LogP contribution in [-0.2, 0) is 6.54 Å². The van der Waals surface area contributed by atoms with E-state index in [2.05, 4.69) is 30.2 Å². The van der Waals surface area contributed by atoms with E-state index in [9.17, 15) is 14.0 Å². The Balaban J connectivity index is 1.29. The quantitative estimate of drug-likeness (QED) is 0.377. The Kier molecular flexibility index (Phi) is 5.72. The maximum absolute atomic E-state index is 14.9. The SMILES string of the molecule is Cc1nc(C(=O)NCO)ccc1N1CCN(Cc2cc(F)c3c(c2)[nH]c(=O)c2ccnn23)CC1. The lowest BCUT2D eigenvalue weighted by atomic mass is 10.1. The lowest BCUT2D eigenvalue weighted by Crippen LogP contribution is -2.46. The van der Waals surface area contributed by atoms with Crippen LogP contribution in [0, 0.1) is 12.7 Å². The average molecular weight is 465 g/mol. The number of nitrogens with zero attached hydrogens (tertiary/aromatic N) is 5. The number of aryl methyl sites for hydroxylation is 1. The highest BCUT2D eigenvalue weighted by molar-refractivity contribution is 5.92. The number of carbonyl (C=O) groups is 1. The summed E-state index contributed by atoms with van der Waals surface area (Å²) in [6.45, 7) is 5.01. The molecule has 5 rings (SSSR count). The van der Waals surface area contributed by atoms with Crippen LogP contribution in [0.15, 0.2) is 41.3 Å². The van der Waals surface area contributed by atoms with Crippen molar-refractivity contribution < 1.29 is 14.3 Å². The monoisotopic (exact) mass is 465 g/mol. The number of piperazine rings is 1. The second-order valence-corrected chi connectivity index (χ2v) is 8.28. The Hall–Kier alpha value is -3.83. The van der Waals surface area contributed by atoms with Crippen molar-refractivity contribution in [1.29, 1.82) is 0 Å². The number of aliphatic hydroxyl groups is 1. The van der Waals surface area contributed by atoms with E-state index in [1.54, 1.807) is 18.2 Å². The number of nitrogens with one attached hydrogen (secondary N) is 2. The number of hydrogen-bond donors (Lipinski definition) is 3. The van der Waals surface area contributed by atoms with Crippen LogP contribution in [0.4, 0.5) is 10.1 Å². The zero-order chi connectivity index (χ0) is 23.8. The summed E-state index contributed by atoms with van der Waals surface area (Å²) < 4.78 is 16.3. The molecule has 1 aliphatic rings. The first kappa shape index (κ1) is 22.0. The van der Waals surface area contributed by atoms with Crippen LogP contribution in [0.3, 0.4) is 0 Å². The molecule has 10 nitrogen and oxygen atoms in total. The van der Waals surface area contributed by atoms with Gasteiger partial charge in [0.2, 0.25) is 0 Å². The van der Waals surface area contributed by atoms with Crippen LogP contribution in [0.5, 0.6) is 0 Å². The number of fused-ring (bicyclic) bond motifs is 3. The van der Waals surface area contributed by atoms with E-state index in [1.807, 2.05) is 13.0 Å². The second-order valence-electron chi connectivity index (χ2n) is 8.28. The number of H-pyrrole nitrogens is 1. The van der Waals surface area contributed by atoms with Gasteiger partial charge in [-0.05, 0) is 42.8 Å². The first-order chi connectivity index (χ1) is 16.4. The molecule has 0 unspecified atom stereocenters. The fourth-order valence-electron chi connectivity index (χ4n) is 4.48. The number of anilines is 1. The molecule has 4 aromatic rings. The Bertz CT molecular complexity index is 1440. The van der Waals surface area contributed by atoms with E-state index in [1.165, 1.54) is 16.8 Å². The number of rotatable bonds is 5. The molecule has 0 radical (unpaired) electrons. The molecule has 34 heavy (non-hydrogen) atoms. The smallest absolute Gasteiger partial charge is 0.274 e.